The number of imidazole rings is 1. The second-order valence-electron chi connectivity index (χ2n) is 3.26. The Hall–Kier alpha value is -1.32. The van der Waals surface area contributed by atoms with E-state index in [4.69, 9.17) is 0 Å². The fourth-order valence-corrected chi connectivity index (χ4v) is 1.40. The van der Waals surface area contributed by atoms with Crippen LogP contribution in [-0.2, 0) is 0 Å². The highest BCUT2D eigenvalue weighted by Gasteiger charge is 2.14. The van der Waals surface area contributed by atoms with Crippen LogP contribution in [0.4, 0.5) is 0 Å². The van der Waals surface area contributed by atoms with Gasteiger partial charge in [0.15, 0.2) is 0 Å². The Morgan fingerprint density at radius 1 is 1.43 bits per heavy atom. The van der Waals surface area contributed by atoms with E-state index in [2.05, 4.69) is 23.8 Å². The highest BCUT2D eigenvalue weighted by Crippen LogP contribution is 2.02. The topological polar surface area (TPSA) is 49.0 Å². The van der Waals surface area contributed by atoms with Crippen LogP contribution in [0, 0.1) is 0 Å². The summed E-state index contributed by atoms with van der Waals surface area (Å²) >= 11 is 0. The average Bonchev–Trinajstić information content (AvgIpc) is 2.69. The maximum absolute atomic E-state index is 11.8. The third-order valence-corrected chi connectivity index (χ3v) is 2.00. The largest absolute Gasteiger partial charge is 0.341 e. The first kappa shape index (κ1) is 10.8. The van der Waals surface area contributed by atoms with Gasteiger partial charge in [-0.25, -0.2) is 4.98 Å². The fraction of sp³-hybridized carbons (Fsp3) is 0.600. The summed E-state index contributed by atoms with van der Waals surface area (Å²) in [6.07, 6.45) is 5.07. The molecular formula is C10H17N3O. The van der Waals surface area contributed by atoms with Crippen LogP contribution in [0.3, 0.4) is 0 Å². The van der Waals surface area contributed by atoms with E-state index in [-0.39, 0.29) is 5.91 Å². The van der Waals surface area contributed by atoms with Crippen molar-refractivity contribution in [3.05, 3.63) is 18.2 Å². The van der Waals surface area contributed by atoms with Crippen LogP contribution in [0.5, 0.6) is 0 Å². The summed E-state index contributed by atoms with van der Waals surface area (Å²) in [7, 11) is 0. The third kappa shape index (κ3) is 2.58. The summed E-state index contributed by atoms with van der Waals surface area (Å²) in [5, 5.41) is 0. The number of carbonyl (C=O) groups excluding carboxylic acids is 1. The van der Waals surface area contributed by atoms with Gasteiger partial charge < -0.3 is 9.88 Å². The van der Waals surface area contributed by atoms with E-state index in [1.807, 2.05) is 4.90 Å². The lowest BCUT2D eigenvalue weighted by Crippen LogP contribution is -2.32. The summed E-state index contributed by atoms with van der Waals surface area (Å²) in [5.41, 5.74) is 0.576. The van der Waals surface area contributed by atoms with Gasteiger partial charge in [-0.15, -0.1) is 0 Å². The van der Waals surface area contributed by atoms with Gasteiger partial charge in [0.2, 0.25) is 0 Å². The fourth-order valence-electron chi connectivity index (χ4n) is 1.40. The molecule has 0 radical (unpaired) electrons. The third-order valence-electron chi connectivity index (χ3n) is 2.00. The first-order valence-electron chi connectivity index (χ1n) is 5.07. The van der Waals surface area contributed by atoms with Crippen molar-refractivity contribution in [1.82, 2.24) is 14.9 Å². The van der Waals surface area contributed by atoms with E-state index >= 15 is 0 Å². The highest BCUT2D eigenvalue weighted by molar-refractivity contribution is 5.92. The van der Waals surface area contributed by atoms with E-state index in [1.54, 1.807) is 6.20 Å². The average molecular weight is 195 g/mol. The van der Waals surface area contributed by atoms with Crippen molar-refractivity contribution in [1.29, 1.82) is 0 Å². The van der Waals surface area contributed by atoms with Crippen molar-refractivity contribution < 1.29 is 4.79 Å². The van der Waals surface area contributed by atoms with Gasteiger partial charge in [-0.2, -0.15) is 0 Å². The van der Waals surface area contributed by atoms with Crippen molar-refractivity contribution in [2.45, 2.75) is 26.7 Å². The Morgan fingerprint density at radius 2 is 2.07 bits per heavy atom. The first-order valence-corrected chi connectivity index (χ1v) is 5.07. The molecule has 1 N–H and O–H groups in total. The zero-order valence-electron chi connectivity index (χ0n) is 8.79. The first-order chi connectivity index (χ1) is 6.79. The van der Waals surface area contributed by atoms with Gasteiger partial charge in [0.25, 0.3) is 5.91 Å². The molecule has 0 spiro atoms. The maximum atomic E-state index is 11.8. The molecular weight excluding hydrogens is 178 g/mol. The number of aromatic amines is 1. The van der Waals surface area contributed by atoms with Crippen LogP contribution < -0.4 is 0 Å². The minimum atomic E-state index is 0.0474. The SMILES string of the molecule is CCCN(CCC)C(=O)c1cnc[nH]1. The number of amides is 1. The van der Waals surface area contributed by atoms with Crippen LogP contribution in [0.25, 0.3) is 0 Å². The molecule has 1 rings (SSSR count). The van der Waals surface area contributed by atoms with Crippen molar-refractivity contribution >= 4 is 5.91 Å². The smallest absolute Gasteiger partial charge is 0.271 e. The second-order valence-corrected chi connectivity index (χ2v) is 3.26. The quantitative estimate of drug-likeness (QED) is 0.777. The summed E-state index contributed by atoms with van der Waals surface area (Å²) in [6.45, 7) is 5.77. The van der Waals surface area contributed by atoms with E-state index < -0.39 is 0 Å². The van der Waals surface area contributed by atoms with Gasteiger partial charge in [0.1, 0.15) is 5.69 Å². The number of nitrogens with zero attached hydrogens (tertiary/aromatic N) is 2. The maximum Gasteiger partial charge on any atom is 0.271 e. The molecule has 1 amide bonds. The molecule has 0 aromatic carbocycles. The molecule has 0 bridgehead atoms. The van der Waals surface area contributed by atoms with Gasteiger partial charge in [-0.3, -0.25) is 4.79 Å². The van der Waals surface area contributed by atoms with E-state index in [9.17, 15) is 4.79 Å². The van der Waals surface area contributed by atoms with E-state index in [1.165, 1.54) is 6.33 Å². The van der Waals surface area contributed by atoms with Gasteiger partial charge in [0, 0.05) is 13.1 Å². The van der Waals surface area contributed by atoms with Gasteiger partial charge in [0.05, 0.1) is 12.5 Å². The zero-order valence-corrected chi connectivity index (χ0v) is 8.79. The summed E-state index contributed by atoms with van der Waals surface area (Å²) < 4.78 is 0. The van der Waals surface area contributed by atoms with Crippen LogP contribution in [-0.4, -0.2) is 33.9 Å². The molecule has 0 saturated heterocycles. The second kappa shape index (κ2) is 5.42. The Bertz CT molecular complexity index is 263. The predicted octanol–water partition coefficient (Wildman–Crippen LogP) is 1.67. The Kier molecular flexibility index (Phi) is 4.16. The number of hydrogen-bond donors (Lipinski definition) is 1. The van der Waals surface area contributed by atoms with Gasteiger partial charge in [-0.1, -0.05) is 13.8 Å². The summed E-state index contributed by atoms with van der Waals surface area (Å²) in [5.74, 6) is 0.0474. The van der Waals surface area contributed by atoms with Crippen LogP contribution in [0.2, 0.25) is 0 Å². The van der Waals surface area contributed by atoms with Crippen LogP contribution >= 0.6 is 0 Å². The van der Waals surface area contributed by atoms with Crippen LogP contribution in [0.15, 0.2) is 12.5 Å². The van der Waals surface area contributed by atoms with Crippen molar-refractivity contribution in [3.63, 3.8) is 0 Å². The monoisotopic (exact) mass is 195 g/mol. The molecule has 1 heterocycles. The predicted molar refractivity (Wildman–Crippen MR) is 55.1 cm³/mol. The summed E-state index contributed by atoms with van der Waals surface area (Å²) in [6, 6.07) is 0. The molecule has 0 aliphatic rings. The highest BCUT2D eigenvalue weighted by atomic mass is 16.2. The standard InChI is InChI=1S/C10H17N3O/c1-3-5-13(6-4-2)10(14)9-7-11-8-12-9/h7-8H,3-6H2,1-2H3,(H,11,12). The number of aromatic nitrogens is 2. The molecule has 1 aromatic rings. The minimum absolute atomic E-state index is 0.0474. The van der Waals surface area contributed by atoms with E-state index in [0.29, 0.717) is 5.69 Å². The summed E-state index contributed by atoms with van der Waals surface area (Å²) in [4.78, 5) is 20.4. The Labute approximate surface area is 84.3 Å². The zero-order chi connectivity index (χ0) is 10.4. The molecule has 1 aromatic heterocycles. The molecule has 78 valence electrons. The lowest BCUT2D eigenvalue weighted by molar-refractivity contribution is 0.0750. The molecule has 0 aliphatic heterocycles. The lowest BCUT2D eigenvalue weighted by Gasteiger charge is -2.20. The van der Waals surface area contributed by atoms with E-state index in [0.717, 1.165) is 25.9 Å². The number of hydrogen-bond acceptors (Lipinski definition) is 2. The number of H-pyrrole nitrogens is 1. The molecule has 4 nitrogen and oxygen atoms in total. The molecule has 0 unspecified atom stereocenters. The molecule has 4 heteroatoms. The lowest BCUT2D eigenvalue weighted by atomic mass is 10.3. The molecule has 14 heavy (non-hydrogen) atoms. The normalized spacial score (nSPS) is 10.1. The van der Waals surface area contributed by atoms with Crippen LogP contribution in [0.1, 0.15) is 37.2 Å². The molecule has 0 aliphatic carbocycles. The molecule has 0 saturated carbocycles. The Morgan fingerprint density at radius 3 is 2.50 bits per heavy atom. The van der Waals surface area contributed by atoms with Crippen molar-refractivity contribution in [3.8, 4) is 0 Å². The Balaban J connectivity index is 2.63. The number of nitrogens with one attached hydrogen (secondary N) is 1. The van der Waals surface area contributed by atoms with Gasteiger partial charge in [-0.05, 0) is 12.8 Å². The van der Waals surface area contributed by atoms with Crippen molar-refractivity contribution in [2.75, 3.05) is 13.1 Å². The molecule has 0 fully saturated rings. The number of carbonyl (C=O) groups is 1. The molecule has 0 atom stereocenters. The van der Waals surface area contributed by atoms with Crippen molar-refractivity contribution in [2.24, 2.45) is 0 Å². The number of rotatable bonds is 5. The minimum Gasteiger partial charge on any atom is -0.341 e. The van der Waals surface area contributed by atoms with Gasteiger partial charge >= 0.3 is 0 Å².